The molecule has 0 atom stereocenters. The molecule has 0 radical (unpaired) electrons. The fraction of sp³-hybridized carbons (Fsp3) is 0.655. The lowest BCUT2D eigenvalue weighted by molar-refractivity contribution is -0.0578. The number of aromatic nitrogens is 1. The molecule has 0 spiro atoms. The number of ether oxygens (including phenoxy) is 2. The van der Waals surface area contributed by atoms with E-state index in [1.807, 2.05) is 30.3 Å². The predicted octanol–water partition coefficient (Wildman–Crippen LogP) is 4.74. The second-order valence-electron chi connectivity index (χ2n) is 10.9. The first-order chi connectivity index (χ1) is 17.8. The number of nitrogens with zero attached hydrogens (tertiary/aromatic N) is 4. The van der Waals surface area contributed by atoms with E-state index in [0.29, 0.717) is 30.6 Å². The Morgan fingerprint density at radius 3 is 2.51 bits per heavy atom. The fourth-order valence-corrected chi connectivity index (χ4v) is 7.96. The molecule has 1 amide bonds. The Morgan fingerprint density at radius 2 is 1.86 bits per heavy atom. The zero-order valence-corrected chi connectivity index (χ0v) is 24.1. The monoisotopic (exact) mass is 526 g/mol. The number of aryl methyl sites for hydroxylation is 2. The van der Waals surface area contributed by atoms with Gasteiger partial charge in [-0.05, 0) is 70.6 Å². The summed E-state index contributed by atoms with van der Waals surface area (Å²) >= 11 is 1.85. The summed E-state index contributed by atoms with van der Waals surface area (Å²) in [6.45, 7) is 12.9. The van der Waals surface area contributed by atoms with Gasteiger partial charge in [0.15, 0.2) is 0 Å². The van der Waals surface area contributed by atoms with Crippen LogP contribution in [0.25, 0.3) is 0 Å². The van der Waals surface area contributed by atoms with E-state index < -0.39 is 0 Å². The van der Waals surface area contributed by atoms with Gasteiger partial charge in [0.2, 0.25) is 5.88 Å². The van der Waals surface area contributed by atoms with Crippen molar-refractivity contribution in [2.24, 2.45) is 0 Å². The number of hydrogen-bond donors (Lipinski definition) is 0. The lowest BCUT2D eigenvalue weighted by Gasteiger charge is -2.47. The molecule has 0 aromatic carbocycles. The van der Waals surface area contributed by atoms with Crippen molar-refractivity contribution >= 4 is 22.2 Å². The molecule has 1 saturated heterocycles. The number of pyridine rings is 1. The van der Waals surface area contributed by atoms with Crippen molar-refractivity contribution in [2.45, 2.75) is 84.5 Å². The molecule has 0 bridgehead atoms. The molecule has 2 aromatic rings. The summed E-state index contributed by atoms with van der Waals surface area (Å²) in [5.41, 5.74) is 5.15. The zero-order chi connectivity index (χ0) is 26.3. The molecular weight excluding hydrogens is 484 g/mol. The van der Waals surface area contributed by atoms with E-state index >= 15 is 0 Å². The summed E-state index contributed by atoms with van der Waals surface area (Å²) in [6.07, 6.45) is 6.27. The van der Waals surface area contributed by atoms with Gasteiger partial charge in [-0.2, -0.15) is 0 Å². The first-order valence-electron chi connectivity index (χ1n) is 13.8. The Bertz CT molecular complexity index is 1130. The van der Waals surface area contributed by atoms with Gasteiger partial charge in [-0.1, -0.05) is 0 Å². The first-order valence-corrected chi connectivity index (χ1v) is 14.6. The number of anilines is 1. The molecule has 2 aromatic heterocycles. The number of amides is 1. The van der Waals surface area contributed by atoms with Gasteiger partial charge in [-0.15, -0.1) is 11.3 Å². The quantitative estimate of drug-likeness (QED) is 0.495. The van der Waals surface area contributed by atoms with E-state index in [4.69, 9.17) is 9.47 Å². The fourth-order valence-electron chi connectivity index (χ4n) is 6.54. The molecule has 7 nitrogen and oxygen atoms in total. The molecule has 3 aliphatic rings. The Balaban J connectivity index is 1.30. The van der Waals surface area contributed by atoms with Crippen LogP contribution < -0.4 is 9.64 Å². The lowest BCUT2D eigenvalue weighted by atomic mass is 9.87. The second kappa shape index (κ2) is 10.9. The van der Waals surface area contributed by atoms with E-state index in [1.54, 1.807) is 7.11 Å². The van der Waals surface area contributed by atoms with E-state index in [-0.39, 0.29) is 5.91 Å². The molecule has 0 unspecified atom stereocenters. The zero-order valence-electron chi connectivity index (χ0n) is 23.3. The Morgan fingerprint density at radius 1 is 1.14 bits per heavy atom. The van der Waals surface area contributed by atoms with Crippen LogP contribution >= 0.6 is 11.3 Å². The van der Waals surface area contributed by atoms with Gasteiger partial charge in [0.25, 0.3) is 5.91 Å². The van der Waals surface area contributed by atoms with Crippen LogP contribution in [0.1, 0.15) is 70.2 Å². The van der Waals surface area contributed by atoms with Crippen LogP contribution in [0.3, 0.4) is 0 Å². The second-order valence-corrected chi connectivity index (χ2v) is 12.0. The third kappa shape index (κ3) is 5.00. The van der Waals surface area contributed by atoms with Crippen molar-refractivity contribution in [3.05, 3.63) is 38.9 Å². The van der Waals surface area contributed by atoms with Crippen LogP contribution in [-0.4, -0.2) is 79.3 Å². The smallest absolute Gasteiger partial charge is 0.255 e. The Labute approximate surface area is 225 Å². The third-order valence-electron chi connectivity index (χ3n) is 8.72. The summed E-state index contributed by atoms with van der Waals surface area (Å²) < 4.78 is 11.1. The minimum atomic E-state index is 0.147. The molecule has 2 fully saturated rings. The van der Waals surface area contributed by atoms with E-state index in [9.17, 15) is 4.79 Å². The third-order valence-corrected chi connectivity index (χ3v) is 10.1. The molecule has 1 saturated carbocycles. The van der Waals surface area contributed by atoms with Crippen molar-refractivity contribution in [1.29, 1.82) is 0 Å². The molecule has 2 aliphatic heterocycles. The highest BCUT2D eigenvalue weighted by Gasteiger charge is 2.37. The van der Waals surface area contributed by atoms with Gasteiger partial charge in [0, 0.05) is 67.9 Å². The molecular formula is C29H42N4O3S. The van der Waals surface area contributed by atoms with E-state index in [2.05, 4.69) is 41.6 Å². The summed E-state index contributed by atoms with van der Waals surface area (Å²) in [6, 6.07) is 3.32. The summed E-state index contributed by atoms with van der Waals surface area (Å²) in [7, 11) is 3.48. The molecule has 37 heavy (non-hydrogen) atoms. The highest BCUT2D eigenvalue weighted by molar-refractivity contribution is 7.16. The topological polar surface area (TPSA) is 58.1 Å². The predicted molar refractivity (Wildman–Crippen MR) is 149 cm³/mol. The van der Waals surface area contributed by atoms with E-state index in [1.165, 1.54) is 35.6 Å². The van der Waals surface area contributed by atoms with Gasteiger partial charge >= 0.3 is 0 Å². The van der Waals surface area contributed by atoms with Gasteiger partial charge < -0.3 is 19.3 Å². The first kappa shape index (κ1) is 26.4. The molecule has 5 rings (SSSR count). The summed E-state index contributed by atoms with van der Waals surface area (Å²) in [5.74, 6) is 0.774. The van der Waals surface area contributed by atoms with Crippen molar-refractivity contribution in [2.75, 3.05) is 45.3 Å². The normalized spacial score (nSPS) is 22.6. The van der Waals surface area contributed by atoms with Gasteiger partial charge in [0.05, 0.1) is 30.3 Å². The van der Waals surface area contributed by atoms with E-state index in [0.717, 1.165) is 60.5 Å². The molecule has 4 heterocycles. The molecule has 8 heteroatoms. The number of thiophene rings is 1. The van der Waals surface area contributed by atoms with Gasteiger partial charge in [0.1, 0.15) is 0 Å². The maximum Gasteiger partial charge on any atom is 0.255 e. The van der Waals surface area contributed by atoms with Gasteiger partial charge in [-0.25, -0.2) is 4.98 Å². The van der Waals surface area contributed by atoms with Gasteiger partial charge in [-0.3, -0.25) is 9.69 Å². The Kier molecular flexibility index (Phi) is 7.80. The van der Waals surface area contributed by atoms with Crippen molar-refractivity contribution in [3.63, 3.8) is 0 Å². The number of carbonyl (C=O) groups is 1. The van der Waals surface area contributed by atoms with Crippen molar-refractivity contribution < 1.29 is 14.3 Å². The standard InChI is InChI=1S/C29H42N4O3S/c1-7-33(22-10-8-21(9-11-22)32-15-23(16-32)35-5)29-20(4)26-25(37-29)12-13-31(28(26)34)17-24-18(2)14-19(3)30-27(24)36-6/h14,21-23H,7-13,15-17H2,1-6H3/t21-,22-. The number of carbonyl (C=O) groups excluding carboxylic acids is 1. The van der Waals surface area contributed by atoms with Crippen molar-refractivity contribution in [1.82, 2.24) is 14.8 Å². The lowest BCUT2D eigenvalue weighted by Crippen LogP contribution is -2.57. The minimum absolute atomic E-state index is 0.147. The summed E-state index contributed by atoms with van der Waals surface area (Å²) in [5, 5.41) is 1.31. The number of fused-ring (bicyclic) bond motifs is 1. The number of rotatable bonds is 8. The Hall–Kier alpha value is -2.16. The largest absolute Gasteiger partial charge is 0.481 e. The number of likely N-dealkylation sites (tertiary alicyclic amines) is 1. The average molecular weight is 527 g/mol. The SMILES string of the molecule is CCN(c1sc2c(c1C)C(=O)N(Cc1c(C)cc(C)nc1OC)CC2)[C@H]1CC[C@H](N2CC(OC)C2)CC1. The van der Waals surface area contributed by atoms with Crippen LogP contribution in [0.15, 0.2) is 6.07 Å². The molecule has 202 valence electrons. The molecule has 0 N–H and O–H groups in total. The van der Waals surface area contributed by atoms with Crippen LogP contribution in [0, 0.1) is 20.8 Å². The number of hydrogen-bond acceptors (Lipinski definition) is 7. The highest BCUT2D eigenvalue weighted by Crippen LogP contribution is 2.42. The van der Waals surface area contributed by atoms with Crippen LogP contribution in [0.5, 0.6) is 5.88 Å². The van der Waals surface area contributed by atoms with Crippen molar-refractivity contribution in [3.8, 4) is 5.88 Å². The average Bonchev–Trinajstić information content (AvgIpc) is 3.19. The maximum absolute atomic E-state index is 13.8. The highest BCUT2D eigenvalue weighted by atomic mass is 32.1. The van der Waals surface area contributed by atoms with Crippen LogP contribution in [0.4, 0.5) is 5.00 Å². The molecule has 1 aliphatic carbocycles. The number of methoxy groups -OCH3 is 2. The minimum Gasteiger partial charge on any atom is -0.481 e. The van der Waals surface area contributed by atoms with Crippen LogP contribution in [0.2, 0.25) is 0 Å². The van der Waals surface area contributed by atoms with Crippen LogP contribution in [-0.2, 0) is 17.7 Å². The summed E-state index contributed by atoms with van der Waals surface area (Å²) in [4.78, 5) is 26.7. The maximum atomic E-state index is 13.8.